The first-order valence-electron chi connectivity index (χ1n) is 8.67. The quantitative estimate of drug-likeness (QED) is 0.288. The van der Waals surface area contributed by atoms with Gasteiger partial charge in [0.15, 0.2) is 0 Å². The van der Waals surface area contributed by atoms with Gasteiger partial charge in [0.05, 0.1) is 11.7 Å². The molecule has 2 nitrogen and oxygen atoms in total. The van der Waals surface area contributed by atoms with Crippen molar-refractivity contribution in [3.63, 3.8) is 0 Å². The molecule has 4 rings (SSSR count). The van der Waals surface area contributed by atoms with E-state index in [1.165, 1.54) is 16.0 Å². The molecule has 1 heterocycles. The van der Waals surface area contributed by atoms with E-state index in [1.54, 1.807) is 23.5 Å². The van der Waals surface area contributed by atoms with E-state index in [1.807, 2.05) is 36.5 Å². The van der Waals surface area contributed by atoms with Crippen LogP contribution in [-0.4, -0.2) is 10.2 Å². The molecule has 0 saturated heterocycles. The van der Waals surface area contributed by atoms with Gasteiger partial charge in [-0.2, -0.15) is 10.2 Å². The van der Waals surface area contributed by atoms with Crippen molar-refractivity contribution in [1.29, 1.82) is 0 Å². The van der Waals surface area contributed by atoms with Gasteiger partial charge in [0.2, 0.25) is 0 Å². The first-order valence-corrected chi connectivity index (χ1v) is 11.4. The van der Waals surface area contributed by atoms with Crippen molar-refractivity contribution < 1.29 is 0 Å². The van der Waals surface area contributed by atoms with Crippen molar-refractivity contribution in [3.05, 3.63) is 94.1 Å². The Morgan fingerprint density at radius 1 is 0.714 bits per heavy atom. The molecule has 0 aliphatic rings. The van der Waals surface area contributed by atoms with Crippen molar-refractivity contribution in [2.75, 3.05) is 0 Å². The van der Waals surface area contributed by atoms with Crippen LogP contribution in [0, 0.1) is 0 Å². The van der Waals surface area contributed by atoms with Crippen LogP contribution in [0.15, 0.2) is 82.7 Å². The van der Waals surface area contributed by atoms with E-state index in [0.717, 1.165) is 37.3 Å². The normalized spacial score (nSPS) is 11.1. The number of thioether (sulfide) groups is 2. The summed E-state index contributed by atoms with van der Waals surface area (Å²) < 4.78 is 0. The highest BCUT2D eigenvalue weighted by Gasteiger charge is 2.07. The number of aromatic nitrogens is 2. The highest BCUT2D eigenvalue weighted by atomic mass is 35.5. The molecular weight excluding hydrogens is 427 g/mol. The minimum Gasteiger partial charge on any atom is -0.157 e. The molecule has 0 radical (unpaired) electrons. The lowest BCUT2D eigenvalue weighted by Gasteiger charge is -2.08. The lowest BCUT2D eigenvalue weighted by Crippen LogP contribution is -1.88. The zero-order chi connectivity index (χ0) is 19.3. The Hall–Kier alpha value is -1.72. The Labute approximate surface area is 182 Å². The molecule has 6 heteroatoms. The second-order valence-corrected chi connectivity index (χ2v) is 9.16. The molecule has 0 unspecified atom stereocenters. The minimum atomic E-state index is 0.757. The maximum Gasteiger partial charge on any atom is 0.0941 e. The molecule has 0 atom stereocenters. The predicted molar refractivity (Wildman–Crippen MR) is 122 cm³/mol. The first kappa shape index (κ1) is 19.6. The number of rotatable bonds is 6. The first-order chi connectivity index (χ1) is 13.7. The molecule has 3 aromatic carbocycles. The minimum absolute atomic E-state index is 0.757. The van der Waals surface area contributed by atoms with E-state index in [9.17, 15) is 0 Å². The van der Waals surface area contributed by atoms with Gasteiger partial charge in [-0.05, 0) is 53.6 Å². The molecule has 0 aliphatic heterocycles. The summed E-state index contributed by atoms with van der Waals surface area (Å²) in [7, 11) is 0. The molecule has 0 spiro atoms. The van der Waals surface area contributed by atoms with Crippen LogP contribution in [0.2, 0.25) is 10.0 Å². The SMILES string of the molecule is Clc1ccc(CSc2ccc3nncc(SCc4ccc(Cl)cc4)c3c2)cc1. The van der Waals surface area contributed by atoms with Gasteiger partial charge in [-0.1, -0.05) is 47.5 Å². The van der Waals surface area contributed by atoms with Crippen LogP contribution in [0.1, 0.15) is 11.1 Å². The van der Waals surface area contributed by atoms with Crippen molar-refractivity contribution in [1.82, 2.24) is 10.2 Å². The Bertz CT molecular complexity index is 1080. The summed E-state index contributed by atoms with van der Waals surface area (Å²) in [5.41, 5.74) is 3.39. The molecule has 0 bridgehead atoms. The summed E-state index contributed by atoms with van der Waals surface area (Å²) in [5.74, 6) is 1.76. The maximum absolute atomic E-state index is 5.97. The van der Waals surface area contributed by atoms with Gasteiger partial charge in [0, 0.05) is 36.7 Å². The topological polar surface area (TPSA) is 25.8 Å². The zero-order valence-electron chi connectivity index (χ0n) is 14.8. The average molecular weight is 443 g/mol. The van der Waals surface area contributed by atoms with Crippen LogP contribution < -0.4 is 0 Å². The highest BCUT2D eigenvalue weighted by Crippen LogP contribution is 2.32. The van der Waals surface area contributed by atoms with Gasteiger partial charge in [-0.3, -0.25) is 0 Å². The fourth-order valence-corrected chi connectivity index (χ4v) is 4.81. The van der Waals surface area contributed by atoms with Gasteiger partial charge < -0.3 is 0 Å². The molecule has 140 valence electrons. The zero-order valence-corrected chi connectivity index (χ0v) is 18.0. The van der Waals surface area contributed by atoms with Gasteiger partial charge in [0.1, 0.15) is 0 Å². The van der Waals surface area contributed by atoms with E-state index >= 15 is 0 Å². The average Bonchev–Trinajstić information content (AvgIpc) is 2.73. The van der Waals surface area contributed by atoms with Gasteiger partial charge in [-0.15, -0.1) is 23.5 Å². The van der Waals surface area contributed by atoms with Gasteiger partial charge in [-0.25, -0.2) is 0 Å². The van der Waals surface area contributed by atoms with E-state index < -0.39 is 0 Å². The number of nitrogens with zero attached hydrogens (tertiary/aromatic N) is 2. The number of halogens is 2. The summed E-state index contributed by atoms with van der Waals surface area (Å²) in [6, 6.07) is 22.3. The summed E-state index contributed by atoms with van der Waals surface area (Å²) in [6.07, 6.45) is 1.84. The van der Waals surface area contributed by atoms with E-state index in [2.05, 4.69) is 46.6 Å². The smallest absolute Gasteiger partial charge is 0.0941 e. The molecule has 1 aromatic heterocycles. The van der Waals surface area contributed by atoms with Crippen LogP contribution in [0.25, 0.3) is 10.9 Å². The van der Waals surface area contributed by atoms with Gasteiger partial charge >= 0.3 is 0 Å². The Kier molecular flexibility index (Phi) is 6.43. The van der Waals surface area contributed by atoms with E-state index in [-0.39, 0.29) is 0 Å². The molecule has 0 aliphatic carbocycles. The van der Waals surface area contributed by atoms with E-state index in [0.29, 0.717) is 0 Å². The number of hydrogen-bond acceptors (Lipinski definition) is 4. The van der Waals surface area contributed by atoms with Gasteiger partial charge in [0.25, 0.3) is 0 Å². The molecule has 0 fully saturated rings. The number of hydrogen-bond donors (Lipinski definition) is 0. The second-order valence-electron chi connectivity index (χ2n) is 6.22. The molecular formula is C22H16Cl2N2S2. The van der Waals surface area contributed by atoms with Crippen molar-refractivity contribution in [3.8, 4) is 0 Å². The summed E-state index contributed by atoms with van der Waals surface area (Å²) >= 11 is 15.5. The lowest BCUT2D eigenvalue weighted by molar-refractivity contribution is 1.04. The second kappa shape index (κ2) is 9.19. The van der Waals surface area contributed by atoms with Crippen molar-refractivity contribution in [2.24, 2.45) is 0 Å². The standard InChI is InChI=1S/C22H16Cl2N2S2/c23-17-5-1-15(2-6-17)13-27-19-9-10-21-20(11-19)22(12-25-26-21)28-14-16-3-7-18(24)8-4-16/h1-12H,13-14H2. The summed E-state index contributed by atoms with van der Waals surface area (Å²) in [5, 5.41) is 11.1. The summed E-state index contributed by atoms with van der Waals surface area (Å²) in [4.78, 5) is 2.35. The van der Waals surface area contributed by atoms with Crippen LogP contribution in [0.5, 0.6) is 0 Å². The Morgan fingerprint density at radius 3 is 1.96 bits per heavy atom. The number of fused-ring (bicyclic) bond motifs is 1. The fraction of sp³-hybridized carbons (Fsp3) is 0.0909. The molecule has 4 aromatic rings. The van der Waals surface area contributed by atoms with Crippen LogP contribution in [0.4, 0.5) is 0 Å². The van der Waals surface area contributed by atoms with E-state index in [4.69, 9.17) is 23.2 Å². The van der Waals surface area contributed by atoms with Crippen molar-refractivity contribution >= 4 is 57.6 Å². The van der Waals surface area contributed by atoms with Crippen LogP contribution in [-0.2, 0) is 11.5 Å². The Balaban J connectivity index is 1.51. The summed E-state index contributed by atoms with van der Waals surface area (Å²) in [6.45, 7) is 0. The maximum atomic E-state index is 5.97. The largest absolute Gasteiger partial charge is 0.157 e. The van der Waals surface area contributed by atoms with Crippen molar-refractivity contribution in [2.45, 2.75) is 21.3 Å². The van der Waals surface area contributed by atoms with Crippen LogP contribution >= 0.6 is 46.7 Å². The molecule has 28 heavy (non-hydrogen) atoms. The predicted octanol–water partition coefficient (Wildman–Crippen LogP) is 7.52. The Morgan fingerprint density at radius 2 is 1.32 bits per heavy atom. The number of benzene rings is 3. The molecule has 0 saturated carbocycles. The van der Waals surface area contributed by atoms with Crippen LogP contribution in [0.3, 0.4) is 0 Å². The third kappa shape index (κ3) is 5.00. The highest BCUT2D eigenvalue weighted by molar-refractivity contribution is 7.99. The monoisotopic (exact) mass is 442 g/mol. The third-order valence-corrected chi connectivity index (χ3v) is 6.88. The molecule has 0 N–H and O–H groups in total. The lowest BCUT2D eigenvalue weighted by atomic mass is 10.2. The molecule has 0 amide bonds. The fourth-order valence-electron chi connectivity index (χ4n) is 2.71. The third-order valence-electron chi connectivity index (χ3n) is 4.20.